The molecule has 5 aromatic carbocycles. The molecule has 0 atom stereocenters. The second-order valence-electron chi connectivity index (χ2n) is 11.9. The molecule has 0 bridgehead atoms. The van der Waals surface area contributed by atoms with Gasteiger partial charge in [-0.3, -0.25) is 4.98 Å². The molecule has 204 valence electrons. The molecule has 4 heteroatoms. The van der Waals surface area contributed by atoms with Gasteiger partial charge in [-0.25, -0.2) is 4.98 Å². The number of ether oxygens (including phenoxy) is 2. The van der Waals surface area contributed by atoms with Crippen LogP contribution in [0.4, 0.5) is 0 Å². The maximum atomic E-state index is 6.48. The first-order valence-corrected chi connectivity index (χ1v) is 14.6. The fourth-order valence-electron chi connectivity index (χ4n) is 6.67. The summed E-state index contributed by atoms with van der Waals surface area (Å²) in [6, 6.07) is 40.0. The number of nitrogens with zero attached hydrogens (tertiary/aromatic N) is 2. The van der Waals surface area contributed by atoms with Crippen LogP contribution in [0.2, 0.25) is 0 Å². The summed E-state index contributed by atoms with van der Waals surface area (Å²) in [6.45, 7) is 4.54. The van der Waals surface area contributed by atoms with Crippen molar-refractivity contribution in [2.45, 2.75) is 19.3 Å². The number of hydrogen-bond acceptors (Lipinski definition) is 4. The average molecular weight is 555 g/mol. The quantitative estimate of drug-likeness (QED) is 0.199. The molecule has 0 unspecified atom stereocenters. The lowest BCUT2D eigenvalue weighted by atomic mass is 9.82. The lowest BCUT2D eigenvalue weighted by molar-refractivity contribution is 0.359. The van der Waals surface area contributed by atoms with Crippen LogP contribution in [0.3, 0.4) is 0 Å². The molecule has 1 aliphatic carbocycles. The fraction of sp³-hybridized carbons (Fsp3) is 0.0769. The van der Waals surface area contributed by atoms with Crippen molar-refractivity contribution < 1.29 is 9.47 Å². The van der Waals surface area contributed by atoms with Crippen molar-refractivity contribution in [1.82, 2.24) is 9.97 Å². The first-order chi connectivity index (χ1) is 21.0. The number of pyridine rings is 2. The Morgan fingerprint density at radius 2 is 1.21 bits per heavy atom. The van der Waals surface area contributed by atoms with E-state index in [9.17, 15) is 0 Å². The molecule has 0 spiro atoms. The summed E-state index contributed by atoms with van der Waals surface area (Å²) < 4.78 is 12.9. The van der Waals surface area contributed by atoms with Crippen LogP contribution in [0.25, 0.3) is 55.3 Å². The van der Waals surface area contributed by atoms with Crippen LogP contribution >= 0.6 is 0 Å². The van der Waals surface area contributed by atoms with E-state index < -0.39 is 0 Å². The van der Waals surface area contributed by atoms with E-state index in [4.69, 9.17) is 14.5 Å². The maximum absolute atomic E-state index is 6.48. The molecule has 0 radical (unpaired) electrons. The van der Waals surface area contributed by atoms with Gasteiger partial charge < -0.3 is 9.47 Å². The molecule has 0 saturated heterocycles. The number of rotatable bonds is 2. The Hall–Kier alpha value is -5.48. The number of fused-ring (bicyclic) bond motifs is 8. The van der Waals surface area contributed by atoms with Gasteiger partial charge in [-0.05, 0) is 69.8 Å². The fourth-order valence-corrected chi connectivity index (χ4v) is 6.67. The average Bonchev–Trinajstić information content (AvgIpc) is 3.27. The highest BCUT2D eigenvalue weighted by Gasteiger charge is 2.37. The van der Waals surface area contributed by atoms with Gasteiger partial charge >= 0.3 is 0 Å². The topological polar surface area (TPSA) is 44.2 Å². The molecule has 3 heterocycles. The van der Waals surface area contributed by atoms with Crippen molar-refractivity contribution in [2.24, 2.45) is 0 Å². The number of hydrogen-bond donors (Lipinski definition) is 0. The van der Waals surface area contributed by atoms with Gasteiger partial charge in [-0.2, -0.15) is 0 Å². The van der Waals surface area contributed by atoms with Crippen LogP contribution in [-0.4, -0.2) is 9.97 Å². The summed E-state index contributed by atoms with van der Waals surface area (Å²) >= 11 is 0. The van der Waals surface area contributed by atoms with Gasteiger partial charge in [0.25, 0.3) is 0 Å². The molecular weight excluding hydrogens is 528 g/mol. The third-order valence-electron chi connectivity index (χ3n) is 8.98. The molecule has 0 N–H and O–H groups in total. The Bertz CT molecular complexity index is 2270. The molecule has 9 rings (SSSR count). The Kier molecular flexibility index (Phi) is 4.92. The standard InChI is InChI=1S/C39H26N2O2/c1-39(2)30-8-4-3-7-28(30)29-21-35-36(22-31(29)39)42-33-18-16-27(20-34(33)43-35)23-9-11-24(12-10-23)32-17-15-26-14-13-25-6-5-19-40-37(25)38(26)41-32/h3-22H,1-2H3. The molecule has 4 nitrogen and oxygen atoms in total. The highest BCUT2D eigenvalue weighted by atomic mass is 16.6. The van der Waals surface area contributed by atoms with E-state index in [1.807, 2.05) is 18.3 Å². The van der Waals surface area contributed by atoms with Gasteiger partial charge in [0.1, 0.15) is 0 Å². The minimum absolute atomic E-state index is 0.0896. The van der Waals surface area contributed by atoms with Crippen LogP contribution in [-0.2, 0) is 5.41 Å². The zero-order valence-corrected chi connectivity index (χ0v) is 23.8. The second kappa shape index (κ2) is 8.76. The highest BCUT2D eigenvalue weighted by Crippen LogP contribution is 2.55. The zero-order chi connectivity index (χ0) is 28.7. The predicted molar refractivity (Wildman–Crippen MR) is 172 cm³/mol. The smallest absolute Gasteiger partial charge is 0.170 e. The zero-order valence-electron chi connectivity index (χ0n) is 23.8. The molecule has 43 heavy (non-hydrogen) atoms. The summed E-state index contributed by atoms with van der Waals surface area (Å²) in [5, 5.41) is 2.18. The Morgan fingerprint density at radius 3 is 2.09 bits per heavy atom. The summed E-state index contributed by atoms with van der Waals surface area (Å²) in [7, 11) is 0. The van der Waals surface area contributed by atoms with Crippen molar-refractivity contribution in [1.29, 1.82) is 0 Å². The summed E-state index contributed by atoms with van der Waals surface area (Å²) in [5.74, 6) is 2.95. The molecule has 2 aromatic heterocycles. The van der Waals surface area contributed by atoms with Crippen LogP contribution < -0.4 is 9.47 Å². The Labute approximate surface area is 249 Å². The van der Waals surface area contributed by atoms with Gasteiger partial charge in [0.2, 0.25) is 0 Å². The van der Waals surface area contributed by atoms with E-state index in [1.165, 1.54) is 22.3 Å². The molecule has 7 aromatic rings. The van der Waals surface area contributed by atoms with E-state index in [-0.39, 0.29) is 5.41 Å². The lowest BCUT2D eigenvalue weighted by Crippen LogP contribution is -2.15. The number of aromatic nitrogens is 2. The van der Waals surface area contributed by atoms with Gasteiger partial charge in [0, 0.05) is 27.9 Å². The largest absolute Gasteiger partial charge is 0.450 e. The molecule has 0 saturated carbocycles. The number of benzene rings is 5. The van der Waals surface area contributed by atoms with E-state index >= 15 is 0 Å². The van der Waals surface area contributed by atoms with Crippen molar-refractivity contribution in [3.8, 4) is 56.5 Å². The van der Waals surface area contributed by atoms with Gasteiger partial charge in [-0.1, -0.05) is 92.7 Å². The minimum Gasteiger partial charge on any atom is -0.450 e. The Balaban J connectivity index is 1.04. The predicted octanol–water partition coefficient (Wildman–Crippen LogP) is 10.3. The van der Waals surface area contributed by atoms with Crippen molar-refractivity contribution in [3.05, 3.63) is 133 Å². The van der Waals surface area contributed by atoms with Crippen molar-refractivity contribution in [3.63, 3.8) is 0 Å². The van der Waals surface area contributed by atoms with Crippen LogP contribution in [0.15, 0.2) is 121 Å². The third-order valence-corrected chi connectivity index (χ3v) is 8.98. The van der Waals surface area contributed by atoms with E-state index in [1.54, 1.807) is 0 Å². The van der Waals surface area contributed by atoms with E-state index in [2.05, 4.69) is 122 Å². The Morgan fingerprint density at radius 1 is 0.512 bits per heavy atom. The lowest BCUT2D eigenvalue weighted by Gasteiger charge is -2.25. The normalized spacial score (nSPS) is 13.9. The third kappa shape index (κ3) is 3.63. The van der Waals surface area contributed by atoms with Crippen LogP contribution in [0.1, 0.15) is 25.0 Å². The molecule has 1 aliphatic heterocycles. The van der Waals surface area contributed by atoms with Gasteiger partial charge in [-0.15, -0.1) is 0 Å². The summed E-state index contributed by atoms with van der Waals surface area (Å²) in [4.78, 5) is 9.60. The van der Waals surface area contributed by atoms with Crippen molar-refractivity contribution >= 4 is 21.8 Å². The summed E-state index contributed by atoms with van der Waals surface area (Å²) in [5.41, 5.74) is 11.0. The summed E-state index contributed by atoms with van der Waals surface area (Å²) in [6.07, 6.45) is 1.82. The highest BCUT2D eigenvalue weighted by molar-refractivity contribution is 6.03. The van der Waals surface area contributed by atoms with E-state index in [0.717, 1.165) is 67.2 Å². The van der Waals surface area contributed by atoms with Crippen LogP contribution in [0.5, 0.6) is 23.0 Å². The monoisotopic (exact) mass is 554 g/mol. The first-order valence-electron chi connectivity index (χ1n) is 14.6. The first kappa shape index (κ1) is 24.2. The molecule has 0 amide bonds. The minimum atomic E-state index is -0.0896. The second-order valence-corrected chi connectivity index (χ2v) is 11.9. The van der Waals surface area contributed by atoms with E-state index in [0.29, 0.717) is 0 Å². The molecular formula is C39H26N2O2. The SMILES string of the molecule is CC1(C)c2ccccc2-c2cc3c(cc21)Oc1ccc(-c2ccc(-c4ccc5ccc6cccnc6c5n4)cc2)cc1O3. The van der Waals surface area contributed by atoms with Crippen molar-refractivity contribution in [2.75, 3.05) is 0 Å². The van der Waals surface area contributed by atoms with Gasteiger partial charge in [0.15, 0.2) is 23.0 Å². The van der Waals surface area contributed by atoms with Crippen LogP contribution in [0, 0.1) is 0 Å². The van der Waals surface area contributed by atoms with Gasteiger partial charge in [0.05, 0.1) is 16.7 Å². The maximum Gasteiger partial charge on any atom is 0.170 e. The molecule has 0 fully saturated rings. The molecule has 2 aliphatic rings.